The van der Waals surface area contributed by atoms with Gasteiger partial charge in [0.2, 0.25) is 0 Å². The van der Waals surface area contributed by atoms with Crippen LogP contribution in [-0.2, 0) is 4.74 Å². The molecule has 1 saturated heterocycles. The molecular weight excluding hydrogens is 208 g/mol. The normalized spacial score (nSPS) is 17.5. The maximum absolute atomic E-state index is 11.4. The lowest BCUT2D eigenvalue weighted by Crippen LogP contribution is -2.52. The van der Waals surface area contributed by atoms with Crippen molar-refractivity contribution in [2.75, 3.05) is 39.3 Å². The van der Waals surface area contributed by atoms with Crippen molar-refractivity contribution in [3.63, 3.8) is 0 Å². The van der Waals surface area contributed by atoms with Crippen LogP contribution in [0.3, 0.4) is 0 Å². The molecule has 1 aliphatic rings. The van der Waals surface area contributed by atoms with Crippen LogP contribution in [0.4, 0.5) is 4.79 Å². The second-order valence-corrected chi connectivity index (χ2v) is 3.51. The fourth-order valence-electron chi connectivity index (χ4n) is 1.59. The third kappa shape index (κ3) is 3.29. The predicted molar refractivity (Wildman–Crippen MR) is 62.3 cm³/mol. The van der Waals surface area contributed by atoms with Gasteiger partial charge < -0.3 is 20.3 Å². The number of rotatable bonds is 2. The van der Waals surface area contributed by atoms with Gasteiger partial charge in [-0.2, -0.15) is 0 Å². The first-order valence-corrected chi connectivity index (χ1v) is 5.65. The van der Waals surface area contributed by atoms with Gasteiger partial charge in [0.05, 0.1) is 6.61 Å². The van der Waals surface area contributed by atoms with Crippen LogP contribution in [0.1, 0.15) is 13.8 Å². The van der Waals surface area contributed by atoms with Gasteiger partial charge in [-0.1, -0.05) is 0 Å². The standard InChI is InChI=1S/C10H20N4O2/c1-3-12-9(11)13-5-7-14(8-6-13)10(15)16-4-2/h3-8H2,1-2H3,(H2,11,12). The number of piperazine rings is 1. The van der Waals surface area contributed by atoms with Crippen LogP contribution in [0.25, 0.3) is 0 Å². The molecule has 0 aliphatic carbocycles. The molecule has 92 valence electrons. The summed E-state index contributed by atoms with van der Waals surface area (Å²) in [4.78, 5) is 19.2. The highest BCUT2D eigenvalue weighted by Crippen LogP contribution is 2.03. The summed E-state index contributed by atoms with van der Waals surface area (Å²) in [5.41, 5.74) is 5.78. The molecule has 1 rings (SSSR count). The zero-order valence-corrected chi connectivity index (χ0v) is 9.98. The Morgan fingerprint density at radius 2 is 1.81 bits per heavy atom. The Labute approximate surface area is 96.0 Å². The van der Waals surface area contributed by atoms with E-state index >= 15 is 0 Å². The monoisotopic (exact) mass is 228 g/mol. The Kier molecular flexibility index (Phi) is 4.88. The third-order valence-electron chi connectivity index (χ3n) is 2.45. The van der Waals surface area contributed by atoms with E-state index in [4.69, 9.17) is 10.5 Å². The van der Waals surface area contributed by atoms with Gasteiger partial charge >= 0.3 is 6.09 Å². The molecule has 0 unspecified atom stereocenters. The lowest BCUT2D eigenvalue weighted by molar-refractivity contribution is 0.0918. The van der Waals surface area contributed by atoms with Crippen LogP contribution in [0.2, 0.25) is 0 Å². The minimum Gasteiger partial charge on any atom is -0.450 e. The minimum absolute atomic E-state index is 0.242. The number of nitrogens with two attached hydrogens (primary N) is 1. The third-order valence-corrected chi connectivity index (χ3v) is 2.45. The number of amides is 1. The van der Waals surface area contributed by atoms with Gasteiger partial charge in [-0.15, -0.1) is 0 Å². The van der Waals surface area contributed by atoms with E-state index in [0.717, 1.165) is 0 Å². The van der Waals surface area contributed by atoms with Crippen LogP contribution in [0.5, 0.6) is 0 Å². The van der Waals surface area contributed by atoms with Crippen molar-refractivity contribution in [3.05, 3.63) is 0 Å². The predicted octanol–water partition coefficient (Wildman–Crippen LogP) is 0.0951. The Balaban J connectivity index is 2.39. The minimum atomic E-state index is -0.242. The lowest BCUT2D eigenvalue weighted by atomic mass is 10.3. The van der Waals surface area contributed by atoms with E-state index in [1.807, 2.05) is 11.8 Å². The second kappa shape index (κ2) is 6.19. The lowest BCUT2D eigenvalue weighted by Gasteiger charge is -2.34. The Hall–Kier alpha value is -1.46. The van der Waals surface area contributed by atoms with Crippen molar-refractivity contribution in [2.24, 2.45) is 10.7 Å². The zero-order valence-electron chi connectivity index (χ0n) is 9.98. The molecule has 0 spiro atoms. The first-order valence-electron chi connectivity index (χ1n) is 5.65. The van der Waals surface area contributed by atoms with Crippen LogP contribution in [0, 0.1) is 0 Å². The number of hydrogen-bond donors (Lipinski definition) is 1. The quantitative estimate of drug-likeness (QED) is 0.537. The van der Waals surface area contributed by atoms with Gasteiger partial charge in [0.15, 0.2) is 5.96 Å². The number of aliphatic imine (C=N–C) groups is 1. The average Bonchev–Trinajstić information content (AvgIpc) is 2.30. The maximum Gasteiger partial charge on any atom is 0.409 e. The van der Waals surface area contributed by atoms with Crippen molar-refractivity contribution >= 4 is 12.1 Å². The summed E-state index contributed by atoms with van der Waals surface area (Å²) in [7, 11) is 0. The van der Waals surface area contributed by atoms with Gasteiger partial charge in [-0.3, -0.25) is 4.99 Å². The van der Waals surface area contributed by atoms with Crippen molar-refractivity contribution in [1.82, 2.24) is 9.80 Å². The zero-order chi connectivity index (χ0) is 12.0. The topological polar surface area (TPSA) is 71.2 Å². The molecule has 2 N–H and O–H groups in total. The van der Waals surface area contributed by atoms with Crippen LogP contribution in [0.15, 0.2) is 4.99 Å². The molecule has 1 fully saturated rings. The van der Waals surface area contributed by atoms with Crippen molar-refractivity contribution in [3.8, 4) is 0 Å². The molecule has 0 aromatic rings. The van der Waals surface area contributed by atoms with Crippen LogP contribution >= 0.6 is 0 Å². The summed E-state index contributed by atoms with van der Waals surface area (Å²) in [5, 5.41) is 0. The van der Waals surface area contributed by atoms with Gasteiger partial charge in [-0.05, 0) is 13.8 Å². The smallest absolute Gasteiger partial charge is 0.409 e. The SMILES string of the molecule is CCN=C(N)N1CCN(C(=O)OCC)CC1. The van der Waals surface area contributed by atoms with E-state index < -0.39 is 0 Å². The van der Waals surface area contributed by atoms with Crippen LogP contribution in [-0.4, -0.2) is 61.2 Å². The van der Waals surface area contributed by atoms with E-state index in [1.54, 1.807) is 11.8 Å². The van der Waals surface area contributed by atoms with E-state index in [2.05, 4.69) is 4.99 Å². The highest BCUT2D eigenvalue weighted by Gasteiger charge is 2.22. The maximum atomic E-state index is 11.4. The molecule has 1 heterocycles. The number of carbonyl (C=O) groups is 1. The highest BCUT2D eigenvalue weighted by molar-refractivity contribution is 5.78. The molecule has 0 saturated carbocycles. The molecule has 0 bridgehead atoms. The highest BCUT2D eigenvalue weighted by atomic mass is 16.6. The van der Waals surface area contributed by atoms with Gasteiger partial charge in [0.25, 0.3) is 0 Å². The largest absolute Gasteiger partial charge is 0.450 e. The van der Waals surface area contributed by atoms with E-state index in [-0.39, 0.29) is 6.09 Å². The fraction of sp³-hybridized carbons (Fsp3) is 0.800. The summed E-state index contributed by atoms with van der Waals surface area (Å²) >= 11 is 0. The molecule has 16 heavy (non-hydrogen) atoms. The van der Waals surface area contributed by atoms with E-state index in [0.29, 0.717) is 45.3 Å². The number of carbonyl (C=O) groups excluding carboxylic acids is 1. The summed E-state index contributed by atoms with van der Waals surface area (Å²) < 4.78 is 4.93. The molecule has 1 amide bonds. The Bertz CT molecular complexity index is 260. The number of guanidine groups is 1. The van der Waals surface area contributed by atoms with Gasteiger partial charge in [0.1, 0.15) is 0 Å². The number of hydrogen-bond acceptors (Lipinski definition) is 3. The van der Waals surface area contributed by atoms with Gasteiger partial charge in [0, 0.05) is 32.7 Å². The van der Waals surface area contributed by atoms with E-state index in [9.17, 15) is 4.79 Å². The van der Waals surface area contributed by atoms with Gasteiger partial charge in [-0.25, -0.2) is 4.79 Å². The molecule has 6 heteroatoms. The molecule has 1 aliphatic heterocycles. The summed E-state index contributed by atoms with van der Waals surface area (Å²) in [6, 6.07) is 0. The average molecular weight is 228 g/mol. The Morgan fingerprint density at radius 1 is 1.25 bits per heavy atom. The molecule has 0 radical (unpaired) electrons. The fourth-order valence-corrected chi connectivity index (χ4v) is 1.59. The summed E-state index contributed by atoms with van der Waals surface area (Å²) in [6.07, 6.45) is -0.242. The number of ether oxygens (including phenoxy) is 1. The number of nitrogens with zero attached hydrogens (tertiary/aromatic N) is 3. The van der Waals surface area contributed by atoms with Crippen molar-refractivity contribution in [1.29, 1.82) is 0 Å². The van der Waals surface area contributed by atoms with Crippen LogP contribution < -0.4 is 5.73 Å². The van der Waals surface area contributed by atoms with Crippen molar-refractivity contribution in [2.45, 2.75) is 13.8 Å². The first-order chi connectivity index (χ1) is 7.69. The molecule has 0 aromatic carbocycles. The molecule has 0 atom stereocenters. The van der Waals surface area contributed by atoms with E-state index in [1.165, 1.54) is 0 Å². The van der Waals surface area contributed by atoms with Crippen molar-refractivity contribution < 1.29 is 9.53 Å². The summed E-state index contributed by atoms with van der Waals surface area (Å²) in [6.45, 7) is 7.56. The molecule has 0 aromatic heterocycles. The first kappa shape index (κ1) is 12.6. The Morgan fingerprint density at radius 3 is 2.31 bits per heavy atom. The molecular formula is C10H20N4O2. The second-order valence-electron chi connectivity index (χ2n) is 3.51. The summed E-state index contributed by atoms with van der Waals surface area (Å²) in [5.74, 6) is 0.561. The molecule has 6 nitrogen and oxygen atoms in total.